The molecule has 0 bridgehead atoms. The zero-order valence-corrected chi connectivity index (χ0v) is 19.4. The molecule has 2 rings (SSSR count). The minimum atomic E-state index is -0.0518. The number of aryl methyl sites for hydroxylation is 1. The van der Waals surface area contributed by atoms with E-state index >= 15 is 0 Å². The van der Waals surface area contributed by atoms with Crippen molar-refractivity contribution in [2.75, 3.05) is 13.1 Å². The number of hydrogen-bond acceptors (Lipinski definition) is 2. The maximum Gasteiger partial charge on any atom is 0.242 e. The van der Waals surface area contributed by atoms with Crippen LogP contribution in [0.3, 0.4) is 0 Å². The summed E-state index contributed by atoms with van der Waals surface area (Å²) in [5.74, 6) is 0.276. The second-order valence-corrected chi connectivity index (χ2v) is 8.63. The van der Waals surface area contributed by atoms with Gasteiger partial charge in [0.25, 0.3) is 0 Å². The number of benzene rings is 1. The number of aromatic nitrogens is 1. The first kappa shape index (κ1) is 23.7. The van der Waals surface area contributed by atoms with Gasteiger partial charge in [-0.3, -0.25) is 9.59 Å². The Labute approximate surface area is 181 Å². The highest BCUT2D eigenvalue weighted by Crippen LogP contribution is 2.16. The summed E-state index contributed by atoms with van der Waals surface area (Å²) in [6.45, 7) is 14.0. The van der Waals surface area contributed by atoms with Crippen molar-refractivity contribution in [1.29, 1.82) is 0 Å². The Morgan fingerprint density at radius 2 is 1.77 bits per heavy atom. The molecule has 0 unspecified atom stereocenters. The first-order valence-corrected chi connectivity index (χ1v) is 11.0. The molecule has 0 N–H and O–H groups in total. The van der Waals surface area contributed by atoms with Crippen LogP contribution in [0.1, 0.15) is 57.9 Å². The maximum absolute atomic E-state index is 13.2. The number of hydrogen-bond donors (Lipinski definition) is 0. The molecule has 0 aliphatic carbocycles. The number of carbonyl (C=O) groups is 2. The molecule has 164 valence electrons. The molecule has 0 spiro atoms. The van der Waals surface area contributed by atoms with Crippen LogP contribution in [0.25, 0.3) is 0 Å². The van der Waals surface area contributed by atoms with Gasteiger partial charge in [0.15, 0.2) is 0 Å². The van der Waals surface area contributed by atoms with Crippen molar-refractivity contribution in [2.45, 2.75) is 67.1 Å². The van der Waals surface area contributed by atoms with Gasteiger partial charge in [-0.15, -0.1) is 0 Å². The van der Waals surface area contributed by atoms with Crippen molar-refractivity contribution in [3.05, 3.63) is 59.4 Å². The molecule has 0 saturated heterocycles. The van der Waals surface area contributed by atoms with Crippen molar-refractivity contribution >= 4 is 11.8 Å². The molecule has 1 heterocycles. The second-order valence-electron chi connectivity index (χ2n) is 8.63. The lowest BCUT2D eigenvalue weighted by atomic mass is 10.1. The van der Waals surface area contributed by atoms with Gasteiger partial charge >= 0.3 is 0 Å². The summed E-state index contributed by atoms with van der Waals surface area (Å²) in [5.41, 5.74) is 3.64. The van der Waals surface area contributed by atoms with E-state index in [0.29, 0.717) is 19.0 Å². The van der Waals surface area contributed by atoms with E-state index in [0.717, 1.165) is 18.7 Å². The average Bonchev–Trinajstić information content (AvgIpc) is 3.13. The maximum atomic E-state index is 13.2. The minimum absolute atomic E-state index is 0.00356. The molecule has 1 aromatic heterocycles. The summed E-state index contributed by atoms with van der Waals surface area (Å²) in [6.07, 6.45) is 2.94. The molecule has 0 aliphatic rings. The van der Waals surface area contributed by atoms with Crippen LogP contribution in [0.15, 0.2) is 42.6 Å². The van der Waals surface area contributed by atoms with E-state index in [1.54, 1.807) is 4.90 Å². The van der Waals surface area contributed by atoms with E-state index in [1.807, 2.05) is 11.0 Å². The van der Waals surface area contributed by atoms with Gasteiger partial charge in [0.1, 0.15) is 0 Å². The molecular weight excluding hydrogens is 374 g/mol. The number of amides is 2. The quantitative estimate of drug-likeness (QED) is 0.579. The number of nitrogens with zero attached hydrogens (tertiary/aromatic N) is 3. The van der Waals surface area contributed by atoms with Gasteiger partial charge in [0.2, 0.25) is 11.8 Å². The van der Waals surface area contributed by atoms with Crippen molar-refractivity contribution in [3.63, 3.8) is 0 Å². The van der Waals surface area contributed by atoms with Crippen molar-refractivity contribution < 1.29 is 9.59 Å². The lowest BCUT2D eigenvalue weighted by Gasteiger charge is -2.32. The molecule has 1 atom stereocenters. The average molecular weight is 412 g/mol. The summed E-state index contributed by atoms with van der Waals surface area (Å²) in [5, 5.41) is 0. The summed E-state index contributed by atoms with van der Waals surface area (Å²) in [7, 11) is 0. The van der Waals surface area contributed by atoms with Gasteiger partial charge < -0.3 is 14.4 Å². The molecule has 0 saturated carbocycles. The van der Waals surface area contributed by atoms with Crippen LogP contribution in [0.2, 0.25) is 0 Å². The largest absolute Gasteiger partial charge is 0.345 e. The molecule has 1 aromatic carbocycles. The molecule has 0 aliphatic heterocycles. The van der Waals surface area contributed by atoms with Crippen molar-refractivity contribution in [2.24, 2.45) is 5.92 Å². The SMILES string of the molecule is CC[C@H](C)N(Cc1cccn1Cc1ccccc1C)C(=O)CN(CC(C)C)C(C)=O. The highest BCUT2D eigenvalue weighted by Gasteiger charge is 2.24. The Morgan fingerprint density at radius 1 is 1.07 bits per heavy atom. The highest BCUT2D eigenvalue weighted by molar-refractivity contribution is 5.84. The standard InChI is InChI=1S/C25H37N3O2/c1-7-21(5)28(25(30)18-27(22(6)29)15-19(2)3)17-24-13-10-14-26(24)16-23-12-9-8-11-20(23)4/h8-14,19,21H,7,15-18H2,1-6H3/t21-/m0/s1. The third-order valence-electron chi connectivity index (χ3n) is 5.66. The van der Waals surface area contributed by atoms with E-state index in [9.17, 15) is 9.59 Å². The normalized spacial score (nSPS) is 12.1. The number of rotatable bonds is 10. The third-order valence-corrected chi connectivity index (χ3v) is 5.66. The molecule has 2 aromatic rings. The first-order chi connectivity index (χ1) is 14.2. The molecule has 0 fully saturated rings. The molecule has 5 heteroatoms. The highest BCUT2D eigenvalue weighted by atomic mass is 16.2. The van der Waals surface area contributed by atoms with Gasteiger partial charge in [0.05, 0.1) is 13.1 Å². The zero-order chi connectivity index (χ0) is 22.3. The molecule has 30 heavy (non-hydrogen) atoms. The van der Waals surface area contributed by atoms with E-state index in [1.165, 1.54) is 18.1 Å². The van der Waals surface area contributed by atoms with E-state index in [2.05, 4.69) is 75.7 Å². The predicted molar refractivity (Wildman–Crippen MR) is 122 cm³/mol. The van der Waals surface area contributed by atoms with Crippen LogP contribution < -0.4 is 0 Å². The lowest BCUT2D eigenvalue weighted by Crippen LogP contribution is -2.46. The molecule has 2 amide bonds. The summed E-state index contributed by atoms with van der Waals surface area (Å²) in [6, 6.07) is 12.6. The van der Waals surface area contributed by atoms with Crippen LogP contribution in [-0.2, 0) is 22.7 Å². The van der Waals surface area contributed by atoms with Gasteiger partial charge in [0, 0.05) is 37.9 Å². The smallest absolute Gasteiger partial charge is 0.242 e. The second kappa shape index (κ2) is 11.0. The Hall–Kier alpha value is -2.56. The van der Waals surface area contributed by atoms with Crippen LogP contribution in [0.4, 0.5) is 0 Å². The topological polar surface area (TPSA) is 45.6 Å². The van der Waals surface area contributed by atoms with Crippen LogP contribution in [0.5, 0.6) is 0 Å². The zero-order valence-electron chi connectivity index (χ0n) is 19.4. The Balaban J connectivity index is 2.19. The number of carbonyl (C=O) groups excluding carboxylic acids is 2. The van der Waals surface area contributed by atoms with E-state index in [-0.39, 0.29) is 24.4 Å². The summed E-state index contributed by atoms with van der Waals surface area (Å²) >= 11 is 0. The Morgan fingerprint density at radius 3 is 2.37 bits per heavy atom. The summed E-state index contributed by atoms with van der Waals surface area (Å²) in [4.78, 5) is 28.8. The minimum Gasteiger partial charge on any atom is -0.345 e. The van der Waals surface area contributed by atoms with Crippen molar-refractivity contribution in [3.8, 4) is 0 Å². The van der Waals surface area contributed by atoms with Gasteiger partial charge in [-0.05, 0) is 49.4 Å². The first-order valence-electron chi connectivity index (χ1n) is 11.0. The fourth-order valence-electron chi connectivity index (χ4n) is 3.60. The molecule has 5 nitrogen and oxygen atoms in total. The summed E-state index contributed by atoms with van der Waals surface area (Å²) < 4.78 is 2.21. The fourth-order valence-corrected chi connectivity index (χ4v) is 3.60. The fraction of sp³-hybridized carbons (Fsp3) is 0.520. The van der Waals surface area contributed by atoms with E-state index < -0.39 is 0 Å². The third kappa shape index (κ3) is 6.48. The Kier molecular flexibility index (Phi) is 8.70. The lowest BCUT2D eigenvalue weighted by molar-refractivity contribution is -0.141. The Bertz CT molecular complexity index is 840. The monoisotopic (exact) mass is 411 g/mol. The van der Waals surface area contributed by atoms with Crippen LogP contribution in [0, 0.1) is 12.8 Å². The van der Waals surface area contributed by atoms with Gasteiger partial charge in [-0.1, -0.05) is 45.0 Å². The predicted octanol–water partition coefficient (Wildman–Crippen LogP) is 4.48. The van der Waals surface area contributed by atoms with Crippen LogP contribution in [-0.4, -0.2) is 45.3 Å². The van der Waals surface area contributed by atoms with Gasteiger partial charge in [-0.2, -0.15) is 0 Å². The molecular formula is C25H37N3O2. The van der Waals surface area contributed by atoms with Crippen LogP contribution >= 0.6 is 0 Å². The molecule has 0 radical (unpaired) electrons. The van der Waals surface area contributed by atoms with Crippen molar-refractivity contribution in [1.82, 2.24) is 14.4 Å². The van der Waals surface area contributed by atoms with E-state index in [4.69, 9.17) is 0 Å². The van der Waals surface area contributed by atoms with Gasteiger partial charge in [-0.25, -0.2) is 0 Å².